The highest BCUT2D eigenvalue weighted by molar-refractivity contribution is 7.98. The topological polar surface area (TPSA) is 86.5 Å². The van der Waals surface area contributed by atoms with Crippen molar-refractivity contribution < 1.29 is 18.8 Å². The Morgan fingerprint density at radius 2 is 2.06 bits per heavy atom. The molecule has 2 heterocycles. The van der Waals surface area contributed by atoms with Crippen molar-refractivity contribution in [1.29, 1.82) is 0 Å². The molecule has 0 unspecified atom stereocenters. The van der Waals surface area contributed by atoms with Crippen molar-refractivity contribution in [1.82, 2.24) is 15.5 Å². The van der Waals surface area contributed by atoms with E-state index in [4.69, 9.17) is 14.0 Å². The number of hydrogen-bond donors (Lipinski definition) is 1. The molecule has 0 aliphatic carbocycles. The molecule has 0 bridgehead atoms. The van der Waals surface area contributed by atoms with Gasteiger partial charge in [0.05, 0.1) is 25.0 Å². The number of nitrogens with one attached hydrogen (secondary N) is 1. The molecule has 1 amide bonds. The van der Waals surface area contributed by atoms with E-state index in [0.29, 0.717) is 41.0 Å². The van der Waals surface area contributed by atoms with Crippen LogP contribution in [0.15, 0.2) is 46.1 Å². The van der Waals surface area contributed by atoms with Gasteiger partial charge in [0, 0.05) is 24.1 Å². The monoisotopic (exact) mass is 455 g/mol. The van der Waals surface area contributed by atoms with Gasteiger partial charge in [-0.3, -0.25) is 4.79 Å². The van der Waals surface area contributed by atoms with E-state index in [-0.39, 0.29) is 5.91 Å². The number of nitrogens with zero attached hydrogens (tertiary/aromatic N) is 2. The summed E-state index contributed by atoms with van der Waals surface area (Å²) in [5.41, 5.74) is 3.34. The molecule has 0 radical (unpaired) electrons. The van der Waals surface area contributed by atoms with Gasteiger partial charge in [-0.1, -0.05) is 24.6 Å². The number of pyridine rings is 1. The minimum Gasteiger partial charge on any atom is -0.493 e. The second-order valence-electron chi connectivity index (χ2n) is 7.32. The van der Waals surface area contributed by atoms with Crippen LogP contribution >= 0.6 is 11.8 Å². The number of rotatable bonds is 11. The van der Waals surface area contributed by atoms with Gasteiger partial charge in [0.2, 0.25) is 0 Å². The third-order valence-corrected chi connectivity index (χ3v) is 6.02. The predicted molar refractivity (Wildman–Crippen MR) is 124 cm³/mol. The fourth-order valence-corrected chi connectivity index (χ4v) is 4.22. The van der Waals surface area contributed by atoms with E-state index in [1.807, 2.05) is 32.0 Å². The molecule has 170 valence electrons. The van der Waals surface area contributed by atoms with Crippen LogP contribution in [0.5, 0.6) is 11.5 Å². The van der Waals surface area contributed by atoms with Crippen molar-refractivity contribution in [2.45, 2.75) is 50.9 Å². The highest BCUT2D eigenvalue weighted by Gasteiger charge is 2.16. The van der Waals surface area contributed by atoms with Crippen LogP contribution < -0.4 is 14.8 Å². The SMILES string of the molecule is CCCCOc1ccc(CNC(=O)c2cccnc2SCc2c(C)noc2C)cc1OC. The second kappa shape index (κ2) is 11.6. The average Bonchev–Trinajstić information content (AvgIpc) is 3.14. The Labute approximate surface area is 192 Å². The number of carbonyl (C=O) groups excluding carboxylic acids is 1. The Morgan fingerprint density at radius 3 is 2.78 bits per heavy atom. The van der Waals surface area contributed by atoms with E-state index in [9.17, 15) is 4.79 Å². The first-order valence-electron chi connectivity index (χ1n) is 10.6. The van der Waals surface area contributed by atoms with E-state index >= 15 is 0 Å². The number of ether oxygens (including phenoxy) is 2. The number of methoxy groups -OCH3 is 1. The molecule has 0 aliphatic rings. The molecule has 1 aromatic carbocycles. The van der Waals surface area contributed by atoms with Gasteiger partial charge in [-0.2, -0.15) is 0 Å². The van der Waals surface area contributed by atoms with Crippen LogP contribution in [0.4, 0.5) is 0 Å². The van der Waals surface area contributed by atoms with E-state index in [1.54, 1.807) is 25.4 Å². The van der Waals surface area contributed by atoms with E-state index in [2.05, 4.69) is 22.4 Å². The van der Waals surface area contributed by atoms with Crippen LogP contribution in [-0.2, 0) is 12.3 Å². The lowest BCUT2D eigenvalue weighted by Crippen LogP contribution is -2.23. The number of thioether (sulfide) groups is 1. The zero-order valence-electron chi connectivity index (χ0n) is 18.9. The van der Waals surface area contributed by atoms with Crippen LogP contribution in [0.2, 0.25) is 0 Å². The van der Waals surface area contributed by atoms with Gasteiger partial charge in [0.25, 0.3) is 5.91 Å². The summed E-state index contributed by atoms with van der Waals surface area (Å²) in [6.07, 6.45) is 3.75. The second-order valence-corrected chi connectivity index (χ2v) is 8.28. The Balaban J connectivity index is 1.64. The highest BCUT2D eigenvalue weighted by Crippen LogP contribution is 2.29. The number of benzene rings is 1. The molecule has 0 saturated heterocycles. The Kier molecular flexibility index (Phi) is 8.56. The zero-order valence-corrected chi connectivity index (χ0v) is 19.8. The summed E-state index contributed by atoms with van der Waals surface area (Å²) < 4.78 is 16.4. The van der Waals surface area contributed by atoms with Crippen molar-refractivity contribution in [3.05, 3.63) is 64.7 Å². The maximum absolute atomic E-state index is 12.9. The lowest BCUT2D eigenvalue weighted by molar-refractivity contribution is 0.0947. The molecule has 0 spiro atoms. The first-order chi connectivity index (χ1) is 15.5. The summed E-state index contributed by atoms with van der Waals surface area (Å²) in [6, 6.07) is 9.24. The van der Waals surface area contributed by atoms with Crippen molar-refractivity contribution in [2.75, 3.05) is 13.7 Å². The largest absolute Gasteiger partial charge is 0.493 e. The van der Waals surface area contributed by atoms with Gasteiger partial charge < -0.3 is 19.3 Å². The molecule has 1 N–H and O–H groups in total. The van der Waals surface area contributed by atoms with Crippen molar-refractivity contribution in [2.24, 2.45) is 0 Å². The molecule has 0 atom stereocenters. The number of carbonyl (C=O) groups is 1. The fraction of sp³-hybridized carbons (Fsp3) is 0.375. The van der Waals surface area contributed by atoms with Crippen molar-refractivity contribution >= 4 is 17.7 Å². The summed E-state index contributed by atoms with van der Waals surface area (Å²) in [6.45, 7) is 6.93. The number of aryl methyl sites for hydroxylation is 2. The van der Waals surface area contributed by atoms with Crippen LogP contribution in [0.3, 0.4) is 0 Å². The molecular weight excluding hydrogens is 426 g/mol. The molecule has 8 heteroatoms. The van der Waals surface area contributed by atoms with Crippen LogP contribution in [0.1, 0.15) is 52.7 Å². The Morgan fingerprint density at radius 1 is 1.22 bits per heavy atom. The quantitative estimate of drug-likeness (QED) is 0.318. The van der Waals surface area contributed by atoms with Gasteiger partial charge in [0.1, 0.15) is 10.8 Å². The van der Waals surface area contributed by atoms with Crippen molar-refractivity contribution in [3.8, 4) is 11.5 Å². The van der Waals surface area contributed by atoms with Gasteiger partial charge >= 0.3 is 0 Å². The molecule has 7 nitrogen and oxygen atoms in total. The smallest absolute Gasteiger partial charge is 0.254 e. The Bertz CT molecular complexity index is 1030. The summed E-state index contributed by atoms with van der Waals surface area (Å²) in [7, 11) is 1.61. The molecular formula is C24H29N3O4S. The van der Waals surface area contributed by atoms with Gasteiger partial charge in [-0.25, -0.2) is 4.98 Å². The lowest BCUT2D eigenvalue weighted by Gasteiger charge is -2.13. The van der Waals surface area contributed by atoms with Crippen molar-refractivity contribution in [3.63, 3.8) is 0 Å². The summed E-state index contributed by atoms with van der Waals surface area (Å²) in [4.78, 5) is 17.3. The van der Waals surface area contributed by atoms with E-state index in [0.717, 1.165) is 35.4 Å². The molecule has 0 aliphatic heterocycles. The normalized spacial score (nSPS) is 10.8. The lowest BCUT2D eigenvalue weighted by atomic mass is 10.2. The van der Waals surface area contributed by atoms with Crippen LogP contribution in [0, 0.1) is 13.8 Å². The third-order valence-electron chi connectivity index (χ3n) is 4.99. The number of aromatic nitrogens is 2. The molecule has 32 heavy (non-hydrogen) atoms. The van der Waals surface area contributed by atoms with E-state index < -0.39 is 0 Å². The average molecular weight is 456 g/mol. The van der Waals surface area contributed by atoms with E-state index in [1.165, 1.54) is 11.8 Å². The predicted octanol–water partition coefficient (Wildman–Crippen LogP) is 5.10. The van der Waals surface area contributed by atoms with Crippen LogP contribution in [0.25, 0.3) is 0 Å². The fourth-order valence-electron chi connectivity index (χ4n) is 3.07. The minimum absolute atomic E-state index is 0.179. The third kappa shape index (κ3) is 6.03. The highest BCUT2D eigenvalue weighted by atomic mass is 32.2. The summed E-state index contributed by atoms with van der Waals surface area (Å²) in [5, 5.41) is 7.63. The Hall–Kier alpha value is -3.00. The minimum atomic E-state index is -0.179. The molecule has 0 saturated carbocycles. The molecule has 2 aromatic heterocycles. The van der Waals surface area contributed by atoms with Crippen LogP contribution in [-0.4, -0.2) is 29.8 Å². The summed E-state index contributed by atoms with van der Waals surface area (Å²) >= 11 is 1.49. The maximum Gasteiger partial charge on any atom is 0.254 e. The van der Waals surface area contributed by atoms with Gasteiger partial charge in [-0.05, 0) is 50.1 Å². The number of unbranched alkanes of at least 4 members (excludes halogenated alkanes) is 1. The maximum atomic E-state index is 12.9. The molecule has 3 aromatic rings. The number of amides is 1. The zero-order chi connectivity index (χ0) is 22.9. The first-order valence-corrected chi connectivity index (χ1v) is 11.6. The molecule has 3 rings (SSSR count). The standard InChI is InChI=1S/C24H29N3O4S/c1-5-6-12-30-21-10-9-18(13-22(21)29-4)14-26-23(28)19-8-7-11-25-24(19)32-15-20-16(2)27-31-17(20)3/h7-11,13H,5-6,12,14-15H2,1-4H3,(H,26,28). The number of hydrogen-bond acceptors (Lipinski definition) is 7. The van der Waals surface area contributed by atoms with Gasteiger partial charge in [-0.15, -0.1) is 11.8 Å². The summed E-state index contributed by atoms with van der Waals surface area (Å²) in [5.74, 6) is 2.61. The molecule has 0 fully saturated rings. The van der Waals surface area contributed by atoms with Gasteiger partial charge in [0.15, 0.2) is 11.5 Å². The first kappa shape index (κ1) is 23.7.